The van der Waals surface area contributed by atoms with E-state index >= 15 is 0 Å². The van der Waals surface area contributed by atoms with Crippen LogP contribution in [0.3, 0.4) is 0 Å². The maximum Gasteiger partial charge on any atom is 0.338 e. The highest BCUT2D eigenvalue weighted by molar-refractivity contribution is 7.92. The highest BCUT2D eigenvalue weighted by Crippen LogP contribution is 2.29. The summed E-state index contributed by atoms with van der Waals surface area (Å²) in [4.78, 5) is 26.6. The smallest absolute Gasteiger partial charge is 0.338 e. The minimum absolute atomic E-state index is 0.121. The van der Waals surface area contributed by atoms with Crippen molar-refractivity contribution in [1.82, 2.24) is 4.90 Å². The van der Waals surface area contributed by atoms with E-state index in [2.05, 4.69) is 4.72 Å². The first-order valence-corrected chi connectivity index (χ1v) is 11.5. The normalized spacial score (nSPS) is 13.5. The van der Waals surface area contributed by atoms with Crippen molar-refractivity contribution < 1.29 is 22.7 Å². The minimum Gasteiger partial charge on any atom is -0.452 e. The maximum atomic E-state index is 12.4. The van der Waals surface area contributed by atoms with Gasteiger partial charge in [0.25, 0.3) is 15.9 Å². The van der Waals surface area contributed by atoms with Crippen LogP contribution in [-0.2, 0) is 19.6 Å². The van der Waals surface area contributed by atoms with Crippen molar-refractivity contribution >= 4 is 27.6 Å². The average molecular weight is 431 g/mol. The molecule has 0 radical (unpaired) electrons. The molecule has 0 atom stereocenters. The molecular formula is C22H26N2O5S. The van der Waals surface area contributed by atoms with Crippen molar-refractivity contribution in [2.45, 2.75) is 31.1 Å². The average Bonchev–Trinajstić information content (AvgIpc) is 3.56. The minimum atomic E-state index is -3.77. The number of anilines is 1. The molecule has 3 rings (SSSR count). The Morgan fingerprint density at radius 2 is 1.83 bits per heavy atom. The van der Waals surface area contributed by atoms with Gasteiger partial charge < -0.3 is 9.64 Å². The van der Waals surface area contributed by atoms with E-state index in [-0.39, 0.29) is 28.7 Å². The van der Waals surface area contributed by atoms with Gasteiger partial charge in [-0.15, -0.1) is 0 Å². The van der Waals surface area contributed by atoms with Gasteiger partial charge in [-0.1, -0.05) is 31.2 Å². The van der Waals surface area contributed by atoms with Gasteiger partial charge in [0.15, 0.2) is 6.61 Å². The number of benzene rings is 2. The van der Waals surface area contributed by atoms with Crippen LogP contribution in [0.1, 0.15) is 36.5 Å². The molecule has 0 unspecified atom stereocenters. The number of sulfonamides is 1. The van der Waals surface area contributed by atoms with Gasteiger partial charge in [-0.25, -0.2) is 13.2 Å². The Labute approximate surface area is 177 Å². The lowest BCUT2D eigenvalue weighted by molar-refractivity contribution is -0.134. The molecule has 30 heavy (non-hydrogen) atoms. The lowest BCUT2D eigenvalue weighted by Crippen LogP contribution is -2.36. The number of rotatable bonds is 10. The SMILES string of the molecule is CCCN(CC1CC1)C(=O)COC(=O)c1cccc(NS(=O)(=O)c2ccccc2)c1. The summed E-state index contributed by atoms with van der Waals surface area (Å²) in [6, 6.07) is 13.9. The molecule has 1 amide bonds. The van der Waals surface area contributed by atoms with Crippen LogP contribution in [0, 0.1) is 5.92 Å². The molecular weight excluding hydrogens is 404 g/mol. The third-order valence-corrected chi connectivity index (χ3v) is 6.15. The van der Waals surface area contributed by atoms with E-state index < -0.39 is 16.0 Å². The van der Waals surface area contributed by atoms with Crippen LogP contribution in [0.15, 0.2) is 59.5 Å². The molecule has 2 aromatic carbocycles. The van der Waals surface area contributed by atoms with Gasteiger partial charge in [-0.3, -0.25) is 9.52 Å². The van der Waals surface area contributed by atoms with Crippen molar-refractivity contribution in [3.05, 3.63) is 60.2 Å². The third-order valence-electron chi connectivity index (χ3n) is 4.75. The van der Waals surface area contributed by atoms with Crippen LogP contribution in [0.4, 0.5) is 5.69 Å². The van der Waals surface area contributed by atoms with Crippen LogP contribution < -0.4 is 4.72 Å². The van der Waals surface area contributed by atoms with E-state index in [1.54, 1.807) is 35.2 Å². The zero-order chi connectivity index (χ0) is 21.6. The van der Waals surface area contributed by atoms with Crippen molar-refractivity contribution in [3.8, 4) is 0 Å². The Morgan fingerprint density at radius 3 is 2.50 bits per heavy atom. The zero-order valence-electron chi connectivity index (χ0n) is 16.9. The van der Waals surface area contributed by atoms with E-state index in [1.807, 2.05) is 6.92 Å². The van der Waals surface area contributed by atoms with Gasteiger partial charge in [0.1, 0.15) is 0 Å². The fraction of sp³-hybridized carbons (Fsp3) is 0.364. The van der Waals surface area contributed by atoms with Gasteiger partial charge in [-0.05, 0) is 55.5 Å². The van der Waals surface area contributed by atoms with E-state index in [0.29, 0.717) is 19.0 Å². The summed E-state index contributed by atoms with van der Waals surface area (Å²) in [5.74, 6) is -0.324. The second-order valence-corrected chi connectivity index (χ2v) is 9.04. The molecule has 0 aliphatic heterocycles. The summed E-state index contributed by atoms with van der Waals surface area (Å²) < 4.78 is 32.5. The standard InChI is InChI=1S/C22H26N2O5S/c1-2-13-24(15-17-11-12-17)21(25)16-29-22(26)18-7-6-8-19(14-18)23-30(27,28)20-9-4-3-5-10-20/h3-10,14,17,23H,2,11-13,15-16H2,1H3. The first-order chi connectivity index (χ1) is 14.4. The monoisotopic (exact) mass is 430 g/mol. The molecule has 1 aliphatic rings. The molecule has 1 aliphatic carbocycles. The Bertz CT molecular complexity index is 988. The second kappa shape index (κ2) is 9.75. The van der Waals surface area contributed by atoms with E-state index in [0.717, 1.165) is 19.3 Å². The summed E-state index contributed by atoms with van der Waals surface area (Å²) in [6.07, 6.45) is 3.12. The van der Waals surface area contributed by atoms with E-state index in [4.69, 9.17) is 4.74 Å². The number of hydrogen-bond acceptors (Lipinski definition) is 5. The zero-order valence-corrected chi connectivity index (χ0v) is 17.7. The van der Waals surface area contributed by atoms with Gasteiger partial charge in [0.05, 0.1) is 10.5 Å². The number of nitrogens with one attached hydrogen (secondary N) is 1. The number of carbonyl (C=O) groups excluding carboxylic acids is 2. The molecule has 8 heteroatoms. The van der Waals surface area contributed by atoms with E-state index in [1.165, 1.54) is 24.3 Å². The van der Waals surface area contributed by atoms with Crippen LogP contribution >= 0.6 is 0 Å². The molecule has 1 fully saturated rings. The van der Waals surface area contributed by atoms with Crippen molar-refractivity contribution in [3.63, 3.8) is 0 Å². The number of ether oxygens (including phenoxy) is 1. The lowest BCUT2D eigenvalue weighted by Gasteiger charge is -2.21. The highest BCUT2D eigenvalue weighted by Gasteiger charge is 2.27. The number of hydrogen-bond donors (Lipinski definition) is 1. The molecule has 1 saturated carbocycles. The second-order valence-electron chi connectivity index (χ2n) is 7.36. The summed E-state index contributed by atoms with van der Waals surface area (Å²) in [6.45, 7) is 3.03. The molecule has 0 spiro atoms. The van der Waals surface area contributed by atoms with Gasteiger partial charge in [0, 0.05) is 18.8 Å². The van der Waals surface area contributed by atoms with Crippen LogP contribution in [0.5, 0.6) is 0 Å². The van der Waals surface area contributed by atoms with Crippen molar-refractivity contribution in [2.75, 3.05) is 24.4 Å². The number of amides is 1. The Kier molecular flexibility index (Phi) is 7.10. The molecule has 2 aromatic rings. The topological polar surface area (TPSA) is 92.8 Å². The van der Waals surface area contributed by atoms with Gasteiger partial charge in [0.2, 0.25) is 0 Å². The molecule has 0 saturated heterocycles. The summed E-state index contributed by atoms with van der Waals surface area (Å²) in [7, 11) is -3.77. The Balaban J connectivity index is 1.60. The van der Waals surface area contributed by atoms with Gasteiger partial charge in [-0.2, -0.15) is 0 Å². The van der Waals surface area contributed by atoms with Crippen LogP contribution in [-0.4, -0.2) is 44.9 Å². The largest absolute Gasteiger partial charge is 0.452 e. The molecule has 160 valence electrons. The van der Waals surface area contributed by atoms with Crippen molar-refractivity contribution in [1.29, 1.82) is 0 Å². The van der Waals surface area contributed by atoms with Crippen LogP contribution in [0.2, 0.25) is 0 Å². The maximum absolute atomic E-state index is 12.4. The van der Waals surface area contributed by atoms with E-state index in [9.17, 15) is 18.0 Å². The lowest BCUT2D eigenvalue weighted by atomic mass is 10.2. The number of esters is 1. The Morgan fingerprint density at radius 1 is 1.10 bits per heavy atom. The summed E-state index contributed by atoms with van der Waals surface area (Å²) >= 11 is 0. The fourth-order valence-electron chi connectivity index (χ4n) is 3.03. The first-order valence-electron chi connectivity index (χ1n) is 10.0. The number of nitrogens with zero attached hydrogens (tertiary/aromatic N) is 1. The molecule has 7 nitrogen and oxygen atoms in total. The van der Waals surface area contributed by atoms with Gasteiger partial charge >= 0.3 is 5.97 Å². The predicted octanol–water partition coefficient (Wildman–Crippen LogP) is 3.29. The molecule has 0 aromatic heterocycles. The molecule has 0 bridgehead atoms. The molecule has 1 N–H and O–H groups in total. The van der Waals surface area contributed by atoms with Crippen LogP contribution in [0.25, 0.3) is 0 Å². The summed E-state index contributed by atoms with van der Waals surface area (Å²) in [5, 5.41) is 0. The highest BCUT2D eigenvalue weighted by atomic mass is 32.2. The van der Waals surface area contributed by atoms with Crippen molar-refractivity contribution in [2.24, 2.45) is 5.92 Å². The quantitative estimate of drug-likeness (QED) is 0.584. The summed E-state index contributed by atoms with van der Waals surface area (Å²) in [5.41, 5.74) is 0.404. The Hall–Kier alpha value is -2.87. The number of carbonyl (C=O) groups is 2. The third kappa shape index (κ3) is 6.06. The molecule has 0 heterocycles. The predicted molar refractivity (Wildman–Crippen MR) is 114 cm³/mol. The first kappa shape index (κ1) is 21.8. The fourth-order valence-corrected chi connectivity index (χ4v) is 4.10.